The molecule has 0 saturated carbocycles. The Kier molecular flexibility index (Phi) is 6.13. The molecule has 2 aliphatic heterocycles. The number of thiazole rings is 1. The van der Waals surface area contributed by atoms with Crippen LogP contribution >= 0.6 is 11.3 Å². The first-order chi connectivity index (χ1) is 18.5. The van der Waals surface area contributed by atoms with Gasteiger partial charge in [0.25, 0.3) is 5.56 Å². The van der Waals surface area contributed by atoms with Crippen LogP contribution in [0.3, 0.4) is 0 Å². The van der Waals surface area contributed by atoms with Gasteiger partial charge in [-0.15, -0.1) is 0 Å². The Labute approximate surface area is 220 Å². The van der Waals surface area contributed by atoms with Crippen molar-refractivity contribution in [3.8, 4) is 11.5 Å². The van der Waals surface area contributed by atoms with Crippen LogP contribution in [0, 0.1) is 5.82 Å². The van der Waals surface area contributed by atoms with Crippen molar-refractivity contribution in [3.63, 3.8) is 0 Å². The van der Waals surface area contributed by atoms with Gasteiger partial charge in [0.05, 0.1) is 28.5 Å². The molecule has 0 spiro atoms. The third-order valence-corrected chi connectivity index (χ3v) is 7.24. The summed E-state index contributed by atoms with van der Waals surface area (Å²) in [6.45, 7) is 1.98. The molecule has 0 fully saturated rings. The van der Waals surface area contributed by atoms with Gasteiger partial charge in [0.1, 0.15) is 5.82 Å². The van der Waals surface area contributed by atoms with Crippen molar-refractivity contribution >= 4 is 29.1 Å². The number of hydrogen-bond donors (Lipinski definition) is 0. The number of carbonyl (C=O) groups is 1. The zero-order valence-corrected chi connectivity index (χ0v) is 21.0. The molecule has 1 aromatic heterocycles. The van der Waals surface area contributed by atoms with Crippen molar-refractivity contribution in [1.82, 2.24) is 4.57 Å². The van der Waals surface area contributed by atoms with Crippen molar-refractivity contribution in [1.29, 1.82) is 0 Å². The minimum Gasteiger partial charge on any atom is -0.463 e. The average molecular weight is 529 g/mol. The molecular formula is C29H21FN2O5S. The molecule has 0 amide bonds. The van der Waals surface area contributed by atoms with E-state index in [1.807, 2.05) is 36.4 Å². The van der Waals surface area contributed by atoms with Crippen molar-refractivity contribution in [2.75, 3.05) is 13.4 Å². The molecule has 0 radical (unpaired) electrons. The van der Waals surface area contributed by atoms with Crippen LogP contribution in [0.5, 0.6) is 11.5 Å². The number of ether oxygens (including phenoxy) is 3. The Morgan fingerprint density at radius 1 is 1.11 bits per heavy atom. The lowest BCUT2D eigenvalue weighted by molar-refractivity contribution is -0.138. The number of carbonyl (C=O) groups excluding carboxylic acids is 1. The molecule has 0 bridgehead atoms. The zero-order valence-electron chi connectivity index (χ0n) is 20.2. The molecular weight excluding hydrogens is 507 g/mol. The Bertz CT molecular complexity index is 1760. The highest BCUT2D eigenvalue weighted by Gasteiger charge is 2.36. The van der Waals surface area contributed by atoms with Crippen LogP contribution in [-0.4, -0.2) is 23.9 Å². The number of fused-ring (bicyclic) bond motifs is 2. The van der Waals surface area contributed by atoms with Gasteiger partial charge in [-0.25, -0.2) is 14.2 Å². The number of nitrogens with zero attached hydrogens (tertiary/aromatic N) is 2. The fraction of sp³-hybridized carbons (Fsp3) is 0.138. The van der Waals surface area contributed by atoms with E-state index < -0.39 is 12.0 Å². The largest absolute Gasteiger partial charge is 0.463 e. The molecule has 3 heterocycles. The maximum absolute atomic E-state index is 13.8. The van der Waals surface area contributed by atoms with Gasteiger partial charge in [0.2, 0.25) is 6.79 Å². The van der Waals surface area contributed by atoms with E-state index in [-0.39, 0.29) is 30.3 Å². The summed E-state index contributed by atoms with van der Waals surface area (Å²) >= 11 is 1.20. The summed E-state index contributed by atoms with van der Waals surface area (Å²) in [4.78, 5) is 32.6. The molecule has 0 saturated heterocycles. The Hall–Kier alpha value is -4.50. The molecule has 9 heteroatoms. The van der Waals surface area contributed by atoms with Gasteiger partial charge < -0.3 is 14.2 Å². The highest BCUT2D eigenvalue weighted by Crippen LogP contribution is 2.40. The summed E-state index contributed by atoms with van der Waals surface area (Å²) in [5.41, 5.74) is 2.39. The summed E-state index contributed by atoms with van der Waals surface area (Å²) in [7, 11) is 0. The van der Waals surface area contributed by atoms with E-state index in [1.54, 1.807) is 37.3 Å². The van der Waals surface area contributed by atoms with Gasteiger partial charge in [-0.05, 0) is 48.4 Å². The first-order valence-electron chi connectivity index (χ1n) is 12.0. The molecule has 7 nitrogen and oxygen atoms in total. The zero-order chi connectivity index (χ0) is 26.2. The lowest BCUT2D eigenvalue weighted by atomic mass is 9.93. The van der Waals surface area contributed by atoms with Crippen LogP contribution in [0.25, 0.3) is 11.8 Å². The van der Waals surface area contributed by atoms with Crippen LogP contribution < -0.4 is 24.4 Å². The second-order valence-corrected chi connectivity index (χ2v) is 9.60. The van der Waals surface area contributed by atoms with E-state index in [2.05, 4.69) is 0 Å². The van der Waals surface area contributed by atoms with Crippen molar-refractivity contribution in [2.24, 2.45) is 4.99 Å². The van der Waals surface area contributed by atoms with E-state index in [0.29, 0.717) is 37.7 Å². The van der Waals surface area contributed by atoms with Crippen molar-refractivity contribution in [3.05, 3.63) is 121 Å². The lowest BCUT2D eigenvalue weighted by Crippen LogP contribution is -2.40. The minimum atomic E-state index is -0.828. The van der Waals surface area contributed by atoms with Gasteiger partial charge in [0, 0.05) is 5.56 Å². The summed E-state index contributed by atoms with van der Waals surface area (Å²) in [5.74, 6) is 0.184. The fourth-order valence-electron chi connectivity index (χ4n) is 4.55. The van der Waals surface area contributed by atoms with Crippen LogP contribution in [-0.2, 0) is 9.53 Å². The van der Waals surface area contributed by atoms with Gasteiger partial charge in [-0.3, -0.25) is 9.36 Å². The van der Waals surface area contributed by atoms with E-state index in [0.717, 1.165) is 5.56 Å². The predicted octanol–water partition coefficient (Wildman–Crippen LogP) is 3.80. The normalized spacial score (nSPS) is 16.3. The van der Waals surface area contributed by atoms with Gasteiger partial charge in [0.15, 0.2) is 16.3 Å². The molecule has 3 aromatic carbocycles. The van der Waals surface area contributed by atoms with Crippen molar-refractivity contribution < 1.29 is 23.4 Å². The lowest BCUT2D eigenvalue weighted by Gasteiger charge is -2.26. The van der Waals surface area contributed by atoms with Gasteiger partial charge in [-0.2, -0.15) is 0 Å². The second kappa shape index (κ2) is 9.75. The third kappa shape index (κ3) is 4.20. The SMILES string of the molecule is CCOC(=O)C1=C(c2ccccc2)N=c2s/c(=C\c3ccc(F)cc3)c(=O)n2C1c1ccc2c(c1)OCO2. The quantitative estimate of drug-likeness (QED) is 0.368. The summed E-state index contributed by atoms with van der Waals surface area (Å²) in [6, 6.07) is 19.7. The first-order valence-corrected chi connectivity index (χ1v) is 12.8. The molecule has 2 aliphatic rings. The van der Waals surface area contributed by atoms with Crippen LogP contribution in [0.2, 0.25) is 0 Å². The Balaban J connectivity index is 1.64. The number of esters is 1. The van der Waals surface area contributed by atoms with E-state index >= 15 is 0 Å². The molecule has 0 aliphatic carbocycles. The summed E-state index contributed by atoms with van der Waals surface area (Å²) in [6.07, 6.45) is 1.69. The molecule has 38 heavy (non-hydrogen) atoms. The molecule has 0 N–H and O–H groups in total. The molecule has 1 atom stereocenters. The van der Waals surface area contributed by atoms with Crippen molar-refractivity contribution in [2.45, 2.75) is 13.0 Å². The maximum Gasteiger partial charge on any atom is 0.338 e. The standard InChI is InChI=1S/C29H21FN2O5S/c1-2-35-28(34)24-25(18-6-4-3-5-7-18)31-29-32(26(24)19-10-13-21-22(15-19)37-16-36-21)27(33)23(38-29)14-17-8-11-20(30)12-9-17/h3-15,26H,2,16H2,1H3/b23-14-. The number of hydrogen-bond acceptors (Lipinski definition) is 7. The number of rotatable bonds is 5. The predicted molar refractivity (Wildman–Crippen MR) is 140 cm³/mol. The molecule has 4 aromatic rings. The number of aromatic nitrogens is 1. The smallest absolute Gasteiger partial charge is 0.338 e. The molecule has 6 rings (SSSR count). The average Bonchev–Trinajstić information content (AvgIpc) is 3.53. The van der Waals surface area contributed by atoms with Crippen LogP contribution in [0.15, 0.2) is 88.2 Å². The van der Waals surface area contributed by atoms with Gasteiger partial charge >= 0.3 is 5.97 Å². The fourth-order valence-corrected chi connectivity index (χ4v) is 5.55. The second-order valence-electron chi connectivity index (χ2n) is 8.60. The maximum atomic E-state index is 13.8. The number of halogens is 1. The Morgan fingerprint density at radius 2 is 1.87 bits per heavy atom. The first kappa shape index (κ1) is 23.9. The van der Waals surface area contributed by atoms with E-state index in [1.165, 1.54) is 28.0 Å². The van der Waals surface area contributed by atoms with E-state index in [4.69, 9.17) is 19.2 Å². The summed E-state index contributed by atoms with van der Waals surface area (Å²) < 4.78 is 31.9. The molecule has 190 valence electrons. The van der Waals surface area contributed by atoms with Crippen LogP contribution in [0.4, 0.5) is 4.39 Å². The summed E-state index contributed by atoms with van der Waals surface area (Å²) in [5, 5.41) is 0. The molecule has 1 unspecified atom stereocenters. The van der Waals surface area contributed by atoms with E-state index in [9.17, 15) is 14.0 Å². The van der Waals surface area contributed by atoms with Gasteiger partial charge in [-0.1, -0.05) is 59.9 Å². The number of benzene rings is 3. The minimum absolute atomic E-state index is 0.0923. The topological polar surface area (TPSA) is 79.1 Å². The van der Waals surface area contributed by atoms with Crippen LogP contribution in [0.1, 0.15) is 29.7 Å². The Morgan fingerprint density at radius 3 is 2.63 bits per heavy atom. The highest BCUT2D eigenvalue weighted by molar-refractivity contribution is 7.07. The highest BCUT2D eigenvalue weighted by atomic mass is 32.1. The monoisotopic (exact) mass is 528 g/mol. The third-order valence-electron chi connectivity index (χ3n) is 6.25.